The van der Waals surface area contributed by atoms with E-state index in [1.54, 1.807) is 10.6 Å². The van der Waals surface area contributed by atoms with Crippen LogP contribution in [0.3, 0.4) is 0 Å². The lowest BCUT2D eigenvalue weighted by atomic mass is 9.93. The van der Waals surface area contributed by atoms with Crippen LogP contribution in [0, 0.1) is 5.41 Å². The van der Waals surface area contributed by atoms with Gasteiger partial charge in [0.25, 0.3) is 5.56 Å². The van der Waals surface area contributed by atoms with Crippen molar-refractivity contribution in [3.63, 3.8) is 0 Å². The van der Waals surface area contributed by atoms with Crippen molar-refractivity contribution in [1.82, 2.24) is 19.4 Å². The summed E-state index contributed by atoms with van der Waals surface area (Å²) in [6, 6.07) is 14.3. The molecule has 0 aliphatic heterocycles. The van der Waals surface area contributed by atoms with Crippen molar-refractivity contribution < 1.29 is 9.53 Å². The number of hydrogen-bond acceptors (Lipinski definition) is 5. The molecule has 1 atom stereocenters. The van der Waals surface area contributed by atoms with Gasteiger partial charge in [0, 0.05) is 19.0 Å². The Bertz CT molecular complexity index is 1240. The van der Waals surface area contributed by atoms with Crippen molar-refractivity contribution in [1.29, 1.82) is 0 Å². The highest BCUT2D eigenvalue weighted by atomic mass is 35.5. The molecule has 0 N–H and O–H groups in total. The Morgan fingerprint density at radius 3 is 2.33 bits per heavy atom. The van der Waals surface area contributed by atoms with Gasteiger partial charge in [0.15, 0.2) is 0 Å². The Morgan fingerprint density at radius 1 is 1.08 bits per heavy atom. The van der Waals surface area contributed by atoms with Gasteiger partial charge >= 0.3 is 0 Å². The number of aromatic nitrogens is 2. The summed E-state index contributed by atoms with van der Waals surface area (Å²) < 4.78 is 7.23. The summed E-state index contributed by atoms with van der Waals surface area (Å²) in [6.07, 6.45) is 0.583. The summed E-state index contributed by atoms with van der Waals surface area (Å²) >= 11 is 6.22. The lowest BCUT2D eigenvalue weighted by Gasteiger charge is -2.37. The van der Waals surface area contributed by atoms with E-state index in [2.05, 4.69) is 0 Å². The number of rotatable bonds is 11. The summed E-state index contributed by atoms with van der Waals surface area (Å²) in [7, 11) is 3.95. The predicted octanol–water partition coefficient (Wildman–Crippen LogP) is 4.89. The van der Waals surface area contributed by atoms with Crippen molar-refractivity contribution in [2.75, 3.05) is 39.7 Å². The number of hydrogen-bond donors (Lipinski definition) is 0. The molecule has 0 fully saturated rings. The van der Waals surface area contributed by atoms with E-state index in [1.165, 1.54) is 0 Å². The lowest BCUT2D eigenvalue weighted by molar-refractivity contribution is -0.142. The minimum Gasteiger partial charge on any atom is -0.494 e. The van der Waals surface area contributed by atoms with E-state index in [4.69, 9.17) is 21.3 Å². The molecule has 1 heterocycles. The van der Waals surface area contributed by atoms with Gasteiger partial charge in [-0.2, -0.15) is 0 Å². The van der Waals surface area contributed by atoms with Gasteiger partial charge in [0.05, 0.1) is 34.7 Å². The van der Waals surface area contributed by atoms with Gasteiger partial charge < -0.3 is 14.5 Å². The third-order valence-corrected chi connectivity index (χ3v) is 6.90. The molecule has 194 valence electrons. The van der Waals surface area contributed by atoms with Crippen molar-refractivity contribution in [3.8, 4) is 11.4 Å². The summed E-state index contributed by atoms with van der Waals surface area (Å²) in [6.45, 7) is 9.35. The number of carbonyl (C=O) groups excluding carboxylic acids is 1. The number of carbonyl (C=O) groups is 1. The molecular weight excluding hydrogens is 476 g/mol. The zero-order valence-corrected chi connectivity index (χ0v) is 22.9. The van der Waals surface area contributed by atoms with Crippen molar-refractivity contribution in [3.05, 3.63) is 64.7 Å². The first kappa shape index (κ1) is 27.7. The maximum absolute atomic E-state index is 13.9. The number of nitrogens with zero attached hydrogens (tertiary/aromatic N) is 4. The minimum atomic E-state index is -0.762. The van der Waals surface area contributed by atoms with Crippen LogP contribution in [0.1, 0.15) is 46.0 Å². The minimum absolute atomic E-state index is 0.0631. The molecule has 0 aliphatic rings. The molecule has 8 heteroatoms. The third-order valence-electron chi connectivity index (χ3n) is 6.23. The second kappa shape index (κ2) is 11.9. The maximum Gasteiger partial charge on any atom is 0.266 e. The maximum atomic E-state index is 13.9. The summed E-state index contributed by atoms with van der Waals surface area (Å²) in [4.78, 5) is 36.5. The van der Waals surface area contributed by atoms with Crippen LogP contribution in [0.15, 0.2) is 53.3 Å². The summed E-state index contributed by atoms with van der Waals surface area (Å²) in [5.74, 6) is 1.38. The number of fused-ring (bicyclic) bond motifs is 1. The highest BCUT2D eigenvalue weighted by molar-refractivity contribution is 6.19. The van der Waals surface area contributed by atoms with Crippen molar-refractivity contribution >= 4 is 28.4 Å². The smallest absolute Gasteiger partial charge is 0.266 e. The molecule has 1 aromatic heterocycles. The van der Waals surface area contributed by atoms with E-state index in [9.17, 15) is 9.59 Å². The Kier molecular flexibility index (Phi) is 9.14. The van der Waals surface area contributed by atoms with Crippen molar-refractivity contribution in [2.24, 2.45) is 5.41 Å². The average Bonchev–Trinajstić information content (AvgIpc) is 2.87. The van der Waals surface area contributed by atoms with Gasteiger partial charge in [-0.3, -0.25) is 14.2 Å². The number of alkyl halides is 1. The number of benzene rings is 2. The first-order chi connectivity index (χ1) is 17.1. The topological polar surface area (TPSA) is 67.7 Å². The van der Waals surface area contributed by atoms with Crippen LogP contribution in [0.2, 0.25) is 0 Å². The molecule has 0 bridgehead atoms. The van der Waals surface area contributed by atoms with E-state index < -0.39 is 11.5 Å². The van der Waals surface area contributed by atoms with Gasteiger partial charge in [0.1, 0.15) is 11.6 Å². The van der Waals surface area contributed by atoms with E-state index in [-0.39, 0.29) is 17.3 Å². The van der Waals surface area contributed by atoms with Gasteiger partial charge in [-0.05, 0) is 77.7 Å². The number of likely N-dealkylation sites (N-methyl/N-ethyl adjacent to an activating group) is 1. The first-order valence-corrected chi connectivity index (χ1v) is 12.9. The largest absolute Gasteiger partial charge is 0.494 e. The van der Waals surface area contributed by atoms with Gasteiger partial charge in [-0.25, -0.2) is 4.98 Å². The van der Waals surface area contributed by atoms with Crippen LogP contribution in [0.25, 0.3) is 16.6 Å². The van der Waals surface area contributed by atoms with E-state index in [1.807, 2.05) is 94.1 Å². The second-order valence-electron chi connectivity index (χ2n) is 9.80. The molecule has 3 rings (SSSR count). The lowest BCUT2D eigenvalue weighted by Crippen LogP contribution is -2.47. The molecule has 0 aliphatic carbocycles. The van der Waals surface area contributed by atoms with Crippen LogP contribution in [-0.2, 0) is 4.79 Å². The van der Waals surface area contributed by atoms with Gasteiger partial charge in [0.2, 0.25) is 5.91 Å². The highest BCUT2D eigenvalue weighted by Gasteiger charge is 2.36. The Balaban J connectivity index is 2.26. The molecule has 0 saturated heterocycles. The van der Waals surface area contributed by atoms with Crippen LogP contribution >= 0.6 is 11.6 Å². The van der Waals surface area contributed by atoms with Gasteiger partial charge in [-0.1, -0.05) is 19.1 Å². The standard InChI is InChI=1S/C28H37ClN4O3/c1-7-24(32(18-17-31(5)6)27(35)28(3,4)19-29)25-30-23-12-10-9-11-22(23)26(34)33(25)20-13-15-21(16-14-20)36-8-2/h9-16,24H,7-8,17-19H2,1-6H3. The molecule has 1 unspecified atom stereocenters. The van der Waals surface area contributed by atoms with Crippen LogP contribution in [0.5, 0.6) is 5.75 Å². The average molecular weight is 513 g/mol. The summed E-state index contributed by atoms with van der Waals surface area (Å²) in [5.41, 5.74) is 0.346. The quantitative estimate of drug-likeness (QED) is 0.342. The van der Waals surface area contributed by atoms with Crippen LogP contribution in [0.4, 0.5) is 0 Å². The normalized spacial score (nSPS) is 12.7. The Labute approximate surface area is 218 Å². The van der Waals surface area contributed by atoms with E-state index in [0.29, 0.717) is 48.5 Å². The molecule has 7 nitrogen and oxygen atoms in total. The number of halogens is 1. The molecule has 2 aromatic carbocycles. The molecule has 36 heavy (non-hydrogen) atoms. The Hall–Kier alpha value is -2.90. The summed E-state index contributed by atoms with van der Waals surface area (Å²) in [5, 5.41) is 0.525. The predicted molar refractivity (Wildman–Crippen MR) is 146 cm³/mol. The number of ether oxygens (including phenoxy) is 1. The fourth-order valence-electron chi connectivity index (χ4n) is 4.18. The SMILES string of the molecule is CCOc1ccc(-n2c(C(CC)N(CCN(C)C)C(=O)C(C)(C)CCl)nc3ccccc3c2=O)cc1. The number of amides is 1. The Morgan fingerprint density at radius 2 is 1.75 bits per heavy atom. The molecule has 0 radical (unpaired) electrons. The van der Waals surface area contributed by atoms with E-state index >= 15 is 0 Å². The fraction of sp³-hybridized carbons (Fsp3) is 0.464. The zero-order chi connectivity index (χ0) is 26.5. The molecule has 0 spiro atoms. The fourth-order valence-corrected chi connectivity index (χ4v) is 4.29. The monoisotopic (exact) mass is 512 g/mol. The zero-order valence-electron chi connectivity index (χ0n) is 22.1. The van der Waals surface area contributed by atoms with E-state index in [0.717, 1.165) is 5.75 Å². The molecule has 3 aromatic rings. The van der Waals surface area contributed by atoms with Crippen LogP contribution < -0.4 is 10.3 Å². The second-order valence-corrected chi connectivity index (χ2v) is 10.1. The first-order valence-electron chi connectivity index (χ1n) is 12.4. The molecular formula is C28H37ClN4O3. The van der Waals surface area contributed by atoms with Crippen LogP contribution in [-0.4, -0.2) is 64.9 Å². The molecule has 1 amide bonds. The number of para-hydroxylation sites is 1. The third kappa shape index (κ3) is 5.90. The van der Waals surface area contributed by atoms with Gasteiger partial charge in [-0.15, -0.1) is 11.6 Å². The molecule has 0 saturated carbocycles. The van der Waals surface area contributed by atoms with Crippen molar-refractivity contribution in [2.45, 2.75) is 40.2 Å². The highest BCUT2D eigenvalue weighted by Crippen LogP contribution is 2.31.